The van der Waals surface area contributed by atoms with Crippen LogP contribution in [-0.4, -0.2) is 12.1 Å². The molecular formula is C19H26Cl2GeZr-4. The first-order valence-corrected chi connectivity index (χ1v) is 13.7. The summed E-state index contributed by atoms with van der Waals surface area (Å²) in [5, 5.41) is 2.76. The van der Waals surface area contributed by atoms with Gasteiger partial charge in [0, 0.05) is 0 Å². The van der Waals surface area contributed by atoms with Crippen LogP contribution in [-0.2, 0) is 21.6 Å². The molecule has 0 atom stereocenters. The fourth-order valence-corrected chi connectivity index (χ4v) is 2.02. The molecule has 0 heterocycles. The van der Waals surface area contributed by atoms with Crippen LogP contribution in [0.25, 0.3) is 10.8 Å². The van der Waals surface area contributed by atoms with E-state index < -0.39 is 0 Å². The maximum absolute atomic E-state index is 3.05. The molecule has 4 heteroatoms. The minimum atomic E-state index is 0. The summed E-state index contributed by atoms with van der Waals surface area (Å²) in [5.41, 5.74) is 4.15. The zero-order valence-electron chi connectivity index (χ0n) is 14.6. The van der Waals surface area contributed by atoms with E-state index in [1.165, 1.54) is 27.5 Å². The SMILES string of the molecule is CC1=CC[C-]=C1.Cc1[cH-]c2ccccc2c1C.Cl.Cl.[CH3-].[CH3-].[Ge]=[Zr]. The van der Waals surface area contributed by atoms with Gasteiger partial charge in [0.2, 0.25) is 0 Å². The van der Waals surface area contributed by atoms with Crippen molar-refractivity contribution >= 4 is 47.7 Å². The van der Waals surface area contributed by atoms with Crippen LogP contribution in [0.3, 0.4) is 0 Å². The van der Waals surface area contributed by atoms with E-state index in [1.807, 2.05) is 6.08 Å². The Hall–Kier alpha value is 0.316. The van der Waals surface area contributed by atoms with Crippen molar-refractivity contribution in [2.45, 2.75) is 27.2 Å². The molecule has 0 unspecified atom stereocenters. The fourth-order valence-electron chi connectivity index (χ4n) is 2.02. The van der Waals surface area contributed by atoms with Gasteiger partial charge in [-0.3, -0.25) is 6.08 Å². The van der Waals surface area contributed by atoms with Gasteiger partial charge in [0.05, 0.1) is 0 Å². The van der Waals surface area contributed by atoms with Gasteiger partial charge in [-0.1, -0.05) is 19.9 Å². The topological polar surface area (TPSA) is 0 Å². The van der Waals surface area contributed by atoms with Crippen LogP contribution >= 0.6 is 24.8 Å². The third-order valence-electron chi connectivity index (χ3n) is 3.20. The van der Waals surface area contributed by atoms with E-state index >= 15 is 0 Å². The summed E-state index contributed by atoms with van der Waals surface area (Å²) in [6, 6.07) is 10.8. The summed E-state index contributed by atoms with van der Waals surface area (Å²) >= 11 is 3.64. The van der Waals surface area contributed by atoms with Crippen LogP contribution < -0.4 is 0 Å². The van der Waals surface area contributed by atoms with Crippen molar-refractivity contribution in [1.82, 2.24) is 0 Å². The molecule has 0 bridgehead atoms. The van der Waals surface area contributed by atoms with E-state index in [0.29, 0.717) is 0 Å². The molecule has 0 spiro atoms. The molecule has 0 amide bonds. The molecule has 0 saturated carbocycles. The molecule has 23 heavy (non-hydrogen) atoms. The Morgan fingerprint density at radius 3 is 2.00 bits per heavy atom. The van der Waals surface area contributed by atoms with Gasteiger partial charge in [-0.25, -0.2) is 11.6 Å². The van der Waals surface area contributed by atoms with Gasteiger partial charge in [-0.15, -0.1) is 78.8 Å². The number of benzene rings is 1. The molecule has 0 aliphatic heterocycles. The average Bonchev–Trinajstić information content (AvgIpc) is 3.02. The fraction of sp³-hybridized carbons (Fsp3) is 0.211. The summed E-state index contributed by atoms with van der Waals surface area (Å²) in [6.45, 7) is 6.42. The van der Waals surface area contributed by atoms with Crippen molar-refractivity contribution in [2.75, 3.05) is 0 Å². The van der Waals surface area contributed by atoms with Crippen molar-refractivity contribution in [3.63, 3.8) is 0 Å². The van der Waals surface area contributed by atoms with Crippen LogP contribution in [0.15, 0.2) is 48.1 Å². The van der Waals surface area contributed by atoms with Gasteiger partial charge in [-0.05, 0) is 0 Å². The van der Waals surface area contributed by atoms with E-state index in [1.54, 1.807) is 21.6 Å². The Morgan fingerprint density at radius 1 is 1.04 bits per heavy atom. The summed E-state index contributed by atoms with van der Waals surface area (Å²) in [7, 11) is 0. The normalized spacial score (nSPS) is 10.1. The Morgan fingerprint density at radius 2 is 1.61 bits per heavy atom. The molecule has 2 aromatic rings. The van der Waals surface area contributed by atoms with Crippen LogP contribution in [0, 0.1) is 34.8 Å². The number of halogens is 2. The first kappa shape index (κ1) is 31.1. The monoisotopic (exact) mass is 488 g/mol. The van der Waals surface area contributed by atoms with Gasteiger partial charge in [0.25, 0.3) is 0 Å². The van der Waals surface area contributed by atoms with Crippen LogP contribution in [0.2, 0.25) is 0 Å². The molecule has 0 N–H and O–H groups in total. The van der Waals surface area contributed by atoms with E-state index in [2.05, 4.69) is 75.4 Å². The van der Waals surface area contributed by atoms with E-state index in [9.17, 15) is 0 Å². The number of hydrogen-bond acceptors (Lipinski definition) is 0. The van der Waals surface area contributed by atoms with E-state index in [-0.39, 0.29) is 39.7 Å². The van der Waals surface area contributed by atoms with E-state index in [0.717, 1.165) is 6.42 Å². The third kappa shape index (κ3) is 10.0. The molecule has 0 aromatic heterocycles. The Bertz CT molecular complexity index is 598. The Labute approximate surface area is 175 Å². The number of rotatable bonds is 0. The van der Waals surface area contributed by atoms with Crippen molar-refractivity contribution < 1.29 is 21.6 Å². The van der Waals surface area contributed by atoms with Crippen molar-refractivity contribution in [1.29, 1.82) is 0 Å². The number of allylic oxidation sites excluding steroid dienone is 4. The standard InChI is InChI=1S/C11H11.C6H7.2CH3.2ClH.Ge.Zr/c1-8-7-10-5-3-4-6-11(10)9(8)2;1-6-4-2-3-5-6;;;;;;/h3-7H,1-2H3;4-5H,2H2,1H3;2*1H3;2*1H;;/q4*-1;;;;. The van der Waals surface area contributed by atoms with Gasteiger partial charge in [0.15, 0.2) is 0 Å². The molecule has 2 aromatic carbocycles. The van der Waals surface area contributed by atoms with Crippen molar-refractivity contribution in [3.05, 3.63) is 80.1 Å². The van der Waals surface area contributed by atoms with Crippen molar-refractivity contribution in [2.24, 2.45) is 0 Å². The number of fused-ring (bicyclic) bond motifs is 1. The predicted molar refractivity (Wildman–Crippen MR) is 108 cm³/mol. The second kappa shape index (κ2) is 17.1. The molecule has 0 saturated heterocycles. The second-order valence-electron chi connectivity index (χ2n) is 4.54. The van der Waals surface area contributed by atoms with Crippen LogP contribution in [0.5, 0.6) is 0 Å². The average molecular weight is 489 g/mol. The zero-order valence-corrected chi connectivity index (χ0v) is 20.8. The number of hydrogen-bond donors (Lipinski definition) is 0. The molecule has 2 radical (unpaired) electrons. The minimum absolute atomic E-state index is 0. The molecule has 3 rings (SSSR count). The van der Waals surface area contributed by atoms with E-state index in [4.69, 9.17) is 0 Å². The third-order valence-corrected chi connectivity index (χ3v) is 3.20. The molecular weight excluding hydrogens is 463 g/mol. The van der Waals surface area contributed by atoms with Crippen LogP contribution in [0.4, 0.5) is 0 Å². The van der Waals surface area contributed by atoms with Crippen LogP contribution in [0.1, 0.15) is 24.5 Å². The molecule has 0 fully saturated rings. The summed E-state index contributed by atoms with van der Waals surface area (Å²) in [6.07, 6.45) is 8.24. The zero-order chi connectivity index (χ0) is 14.3. The Kier molecular flexibility index (Phi) is 23.2. The molecule has 0 nitrogen and oxygen atoms in total. The van der Waals surface area contributed by atoms with Gasteiger partial charge >= 0.3 is 33.7 Å². The summed E-state index contributed by atoms with van der Waals surface area (Å²) in [5.74, 6) is 0. The second-order valence-corrected chi connectivity index (χ2v) is 4.54. The molecule has 1 aliphatic carbocycles. The summed E-state index contributed by atoms with van der Waals surface area (Å²) < 4.78 is 0. The maximum atomic E-state index is 3.05. The molecule has 128 valence electrons. The Balaban J connectivity index is -0.000000133. The van der Waals surface area contributed by atoms with Gasteiger partial charge in [-0.2, -0.15) is 11.6 Å². The number of aryl methyl sites for hydroxylation is 2. The summed E-state index contributed by atoms with van der Waals surface area (Å²) in [4.78, 5) is 0. The first-order valence-electron chi connectivity index (χ1n) is 6.28. The van der Waals surface area contributed by atoms with Gasteiger partial charge < -0.3 is 14.9 Å². The van der Waals surface area contributed by atoms with Gasteiger partial charge in [0.1, 0.15) is 0 Å². The first-order chi connectivity index (χ1) is 9.18. The van der Waals surface area contributed by atoms with Crippen molar-refractivity contribution in [3.8, 4) is 0 Å². The predicted octanol–water partition coefficient (Wildman–Crippen LogP) is 6.23. The molecule has 1 aliphatic rings. The quantitative estimate of drug-likeness (QED) is 0.304.